The van der Waals surface area contributed by atoms with Crippen LogP contribution in [0.1, 0.15) is 30.5 Å². The fraction of sp³-hybridized carbons (Fsp3) is 0.556. The fourth-order valence-electron chi connectivity index (χ4n) is 4.66. The Balaban J connectivity index is 1.39. The van der Waals surface area contributed by atoms with Crippen LogP contribution in [0.25, 0.3) is 10.9 Å². The van der Waals surface area contributed by atoms with E-state index in [-0.39, 0.29) is 5.82 Å². The van der Waals surface area contributed by atoms with Crippen LogP contribution in [-0.2, 0) is 17.7 Å². The van der Waals surface area contributed by atoms with Gasteiger partial charge in [-0.05, 0) is 43.0 Å². The molecule has 2 fully saturated rings. The van der Waals surface area contributed by atoms with Crippen LogP contribution < -0.4 is 0 Å². The molecule has 116 valence electrons. The number of hydrogen-bond acceptors (Lipinski definition) is 2. The van der Waals surface area contributed by atoms with Crippen LogP contribution in [-0.4, -0.2) is 35.2 Å². The lowest BCUT2D eigenvalue weighted by atomic mass is 9.88. The van der Waals surface area contributed by atoms with Gasteiger partial charge < -0.3 is 9.72 Å². The summed E-state index contributed by atoms with van der Waals surface area (Å²) in [5.74, 6) is 0.551. The molecule has 4 heterocycles. The van der Waals surface area contributed by atoms with Crippen molar-refractivity contribution >= 4 is 10.9 Å². The van der Waals surface area contributed by atoms with Crippen LogP contribution in [0, 0.1) is 11.7 Å². The van der Waals surface area contributed by atoms with Crippen molar-refractivity contribution in [1.29, 1.82) is 0 Å². The van der Waals surface area contributed by atoms with Gasteiger partial charge in [0, 0.05) is 48.6 Å². The molecule has 0 aliphatic carbocycles. The Morgan fingerprint density at radius 3 is 3.09 bits per heavy atom. The van der Waals surface area contributed by atoms with E-state index in [1.165, 1.54) is 36.6 Å². The van der Waals surface area contributed by atoms with Crippen molar-refractivity contribution < 1.29 is 9.13 Å². The van der Waals surface area contributed by atoms with Gasteiger partial charge in [-0.2, -0.15) is 0 Å². The highest BCUT2D eigenvalue weighted by molar-refractivity contribution is 5.84. The molecule has 0 saturated carbocycles. The maximum Gasteiger partial charge on any atom is 0.123 e. The maximum absolute atomic E-state index is 13.6. The van der Waals surface area contributed by atoms with Gasteiger partial charge in [0.05, 0.1) is 12.2 Å². The second-order valence-electron chi connectivity index (χ2n) is 7.13. The van der Waals surface area contributed by atoms with Gasteiger partial charge in [-0.15, -0.1) is 0 Å². The third-order valence-corrected chi connectivity index (χ3v) is 5.74. The first kappa shape index (κ1) is 13.1. The first-order chi connectivity index (χ1) is 10.8. The van der Waals surface area contributed by atoms with E-state index in [1.807, 2.05) is 6.07 Å². The molecule has 3 aliphatic rings. The highest BCUT2D eigenvalue weighted by Crippen LogP contribution is 2.39. The number of fused-ring (bicyclic) bond motifs is 5. The molecule has 0 radical (unpaired) electrons. The summed E-state index contributed by atoms with van der Waals surface area (Å²) >= 11 is 0. The molecule has 0 amide bonds. The summed E-state index contributed by atoms with van der Waals surface area (Å²) in [6.07, 6.45) is 5.79. The minimum atomic E-state index is -0.145. The van der Waals surface area contributed by atoms with Gasteiger partial charge >= 0.3 is 0 Å². The average molecular weight is 300 g/mol. The summed E-state index contributed by atoms with van der Waals surface area (Å²) in [5, 5.41) is 1.06. The van der Waals surface area contributed by atoms with Crippen molar-refractivity contribution in [1.82, 2.24) is 9.88 Å². The van der Waals surface area contributed by atoms with Crippen LogP contribution in [0.3, 0.4) is 0 Å². The van der Waals surface area contributed by atoms with Crippen molar-refractivity contribution in [3.05, 3.63) is 35.3 Å². The summed E-state index contributed by atoms with van der Waals surface area (Å²) in [6, 6.07) is 5.07. The molecule has 3 unspecified atom stereocenters. The smallest absolute Gasteiger partial charge is 0.123 e. The Hall–Kier alpha value is -1.39. The Morgan fingerprint density at radius 2 is 2.27 bits per heavy atom. The molecule has 4 heteroatoms. The molecule has 1 aromatic carbocycles. The van der Waals surface area contributed by atoms with E-state index in [0.29, 0.717) is 18.1 Å². The largest absolute Gasteiger partial charge is 0.375 e. The van der Waals surface area contributed by atoms with E-state index in [9.17, 15) is 4.39 Å². The van der Waals surface area contributed by atoms with Crippen molar-refractivity contribution in [3.8, 4) is 0 Å². The summed E-state index contributed by atoms with van der Waals surface area (Å²) in [4.78, 5) is 6.00. The molecule has 1 N–H and O–H groups in total. The van der Waals surface area contributed by atoms with Crippen LogP contribution in [0.5, 0.6) is 0 Å². The Kier molecular flexibility index (Phi) is 2.86. The summed E-state index contributed by atoms with van der Waals surface area (Å²) in [7, 11) is 0. The monoisotopic (exact) mass is 300 g/mol. The lowest BCUT2D eigenvalue weighted by molar-refractivity contribution is 0.0824. The second-order valence-corrected chi connectivity index (χ2v) is 7.13. The Morgan fingerprint density at radius 1 is 1.32 bits per heavy atom. The average Bonchev–Trinajstić information content (AvgIpc) is 3.21. The predicted octanol–water partition coefficient (Wildman–Crippen LogP) is 3.23. The molecule has 3 aliphatic heterocycles. The highest BCUT2D eigenvalue weighted by atomic mass is 19.1. The van der Waals surface area contributed by atoms with Gasteiger partial charge in [0.1, 0.15) is 5.82 Å². The van der Waals surface area contributed by atoms with Gasteiger partial charge in [-0.1, -0.05) is 0 Å². The number of hydrogen-bond donors (Lipinski definition) is 1. The maximum atomic E-state index is 13.6. The number of nitrogens with one attached hydrogen (secondary N) is 1. The molecule has 2 saturated heterocycles. The lowest BCUT2D eigenvalue weighted by Gasteiger charge is -2.31. The SMILES string of the molecule is Fc1ccc2[nH]c3c(c2c1)CN(CC1CC2CCC1O2)CC3. The number of nitrogens with zero attached hydrogens (tertiary/aromatic N) is 1. The molecular weight excluding hydrogens is 279 g/mol. The molecule has 3 atom stereocenters. The number of H-pyrrole nitrogens is 1. The van der Waals surface area contributed by atoms with E-state index in [0.717, 1.165) is 37.0 Å². The van der Waals surface area contributed by atoms with Crippen molar-refractivity contribution in [2.75, 3.05) is 13.1 Å². The zero-order chi connectivity index (χ0) is 14.7. The first-order valence-electron chi connectivity index (χ1n) is 8.43. The van der Waals surface area contributed by atoms with E-state index in [4.69, 9.17) is 4.74 Å². The van der Waals surface area contributed by atoms with Gasteiger partial charge in [0.15, 0.2) is 0 Å². The number of aromatic amines is 1. The van der Waals surface area contributed by atoms with Gasteiger partial charge in [-0.3, -0.25) is 4.90 Å². The standard InChI is InChI=1S/C18H21FN2O/c19-12-1-3-16-14(8-12)15-10-21(6-5-17(15)20-16)9-11-7-13-2-4-18(11)22-13/h1,3,8,11,13,18,20H,2,4-7,9-10H2. The van der Waals surface area contributed by atoms with E-state index in [1.54, 1.807) is 6.07 Å². The molecule has 3 nitrogen and oxygen atoms in total. The third kappa shape index (κ3) is 2.01. The van der Waals surface area contributed by atoms with E-state index in [2.05, 4.69) is 9.88 Å². The van der Waals surface area contributed by atoms with E-state index < -0.39 is 0 Å². The summed E-state index contributed by atoms with van der Waals surface area (Å²) in [6.45, 7) is 3.16. The normalized spacial score (nSPS) is 31.0. The minimum Gasteiger partial charge on any atom is -0.375 e. The lowest BCUT2D eigenvalue weighted by Crippen LogP contribution is -2.37. The molecule has 2 aromatic rings. The third-order valence-electron chi connectivity index (χ3n) is 5.74. The van der Waals surface area contributed by atoms with Crippen molar-refractivity contribution in [2.24, 2.45) is 5.92 Å². The summed E-state index contributed by atoms with van der Waals surface area (Å²) < 4.78 is 19.6. The van der Waals surface area contributed by atoms with E-state index >= 15 is 0 Å². The predicted molar refractivity (Wildman–Crippen MR) is 83.2 cm³/mol. The van der Waals surface area contributed by atoms with Crippen LogP contribution in [0.4, 0.5) is 4.39 Å². The topological polar surface area (TPSA) is 28.3 Å². The number of aromatic nitrogens is 1. The summed E-state index contributed by atoms with van der Waals surface area (Å²) in [5.41, 5.74) is 3.65. The van der Waals surface area contributed by atoms with Crippen LogP contribution in [0.15, 0.2) is 18.2 Å². The quantitative estimate of drug-likeness (QED) is 0.922. The molecular formula is C18H21FN2O. The Labute approximate surface area is 129 Å². The number of rotatable bonds is 2. The van der Waals surface area contributed by atoms with Crippen LogP contribution in [0.2, 0.25) is 0 Å². The molecule has 22 heavy (non-hydrogen) atoms. The Bertz CT molecular complexity index is 725. The fourth-order valence-corrected chi connectivity index (χ4v) is 4.66. The zero-order valence-corrected chi connectivity index (χ0v) is 12.6. The molecule has 5 rings (SSSR count). The second kappa shape index (κ2) is 4.80. The highest BCUT2D eigenvalue weighted by Gasteiger charge is 2.41. The molecule has 0 spiro atoms. The molecule has 1 aromatic heterocycles. The van der Waals surface area contributed by atoms with Gasteiger partial charge in [0.25, 0.3) is 0 Å². The van der Waals surface area contributed by atoms with Gasteiger partial charge in [0.2, 0.25) is 0 Å². The zero-order valence-electron chi connectivity index (χ0n) is 12.6. The van der Waals surface area contributed by atoms with Crippen molar-refractivity contribution in [3.63, 3.8) is 0 Å². The van der Waals surface area contributed by atoms with Gasteiger partial charge in [-0.25, -0.2) is 4.39 Å². The number of ether oxygens (including phenoxy) is 1. The minimum absolute atomic E-state index is 0.145. The number of halogens is 1. The molecule has 2 bridgehead atoms. The van der Waals surface area contributed by atoms with Crippen LogP contribution >= 0.6 is 0 Å². The number of benzene rings is 1. The first-order valence-corrected chi connectivity index (χ1v) is 8.43. The van der Waals surface area contributed by atoms with Crippen molar-refractivity contribution in [2.45, 2.75) is 44.4 Å².